The molecule has 3 nitrogen and oxygen atoms in total. The standard InChI is InChI=1S/C22H19N2O/c1-3-7-19-17(5-1)18-6-2-4-8-20(18)22(19)16-9-10-23-21(15-16)24-11-13-25-14-12-24/h1-7,9-10,15,22H,11-14H2. The molecule has 0 saturated carbocycles. The highest BCUT2D eigenvalue weighted by Crippen LogP contribution is 2.47. The fraction of sp³-hybridized carbons (Fsp3) is 0.227. The zero-order chi connectivity index (χ0) is 16.6. The Hall–Kier alpha value is -2.65. The number of benzene rings is 2. The van der Waals surface area contributed by atoms with Crippen molar-refractivity contribution in [1.82, 2.24) is 4.98 Å². The summed E-state index contributed by atoms with van der Waals surface area (Å²) in [5.74, 6) is 1.28. The summed E-state index contributed by atoms with van der Waals surface area (Å²) in [6, 6.07) is 22.9. The number of fused-ring (bicyclic) bond motifs is 3. The third kappa shape index (κ3) is 2.43. The van der Waals surface area contributed by atoms with Gasteiger partial charge in [-0.3, -0.25) is 0 Å². The van der Waals surface area contributed by atoms with Gasteiger partial charge >= 0.3 is 0 Å². The molecule has 1 aromatic heterocycles. The lowest BCUT2D eigenvalue weighted by Gasteiger charge is -2.28. The Balaban J connectivity index is 1.61. The van der Waals surface area contributed by atoms with Crippen LogP contribution in [0.4, 0.5) is 5.82 Å². The number of hydrogen-bond donors (Lipinski definition) is 0. The van der Waals surface area contributed by atoms with Crippen molar-refractivity contribution in [3.8, 4) is 11.1 Å². The van der Waals surface area contributed by atoms with Gasteiger partial charge in [-0.15, -0.1) is 0 Å². The summed E-state index contributed by atoms with van der Waals surface area (Å²) in [5, 5.41) is 0. The largest absolute Gasteiger partial charge is 0.378 e. The van der Waals surface area contributed by atoms with E-state index in [-0.39, 0.29) is 5.92 Å². The Kier molecular flexibility index (Phi) is 3.53. The normalized spacial score (nSPS) is 16.6. The topological polar surface area (TPSA) is 25.4 Å². The Bertz CT molecular complexity index is 870. The van der Waals surface area contributed by atoms with E-state index in [1.807, 2.05) is 12.3 Å². The van der Waals surface area contributed by atoms with E-state index in [2.05, 4.69) is 64.5 Å². The zero-order valence-corrected chi connectivity index (χ0v) is 14.0. The van der Waals surface area contributed by atoms with Crippen LogP contribution in [-0.2, 0) is 4.74 Å². The lowest BCUT2D eigenvalue weighted by atomic mass is 9.90. The lowest BCUT2D eigenvalue weighted by Crippen LogP contribution is -2.36. The van der Waals surface area contributed by atoms with Crippen molar-refractivity contribution in [3.63, 3.8) is 0 Å². The van der Waals surface area contributed by atoms with Crippen LogP contribution >= 0.6 is 0 Å². The summed E-state index contributed by atoms with van der Waals surface area (Å²) in [5.41, 5.74) is 6.53. The molecule has 1 fully saturated rings. The van der Waals surface area contributed by atoms with Crippen molar-refractivity contribution in [1.29, 1.82) is 0 Å². The Morgan fingerprint density at radius 2 is 1.84 bits per heavy atom. The van der Waals surface area contributed by atoms with Gasteiger partial charge in [-0.05, 0) is 46.0 Å². The number of aromatic nitrogens is 1. The van der Waals surface area contributed by atoms with E-state index in [9.17, 15) is 0 Å². The van der Waals surface area contributed by atoms with Crippen LogP contribution in [0, 0.1) is 6.07 Å². The highest BCUT2D eigenvalue weighted by molar-refractivity contribution is 5.80. The molecule has 0 bridgehead atoms. The van der Waals surface area contributed by atoms with Crippen molar-refractivity contribution < 1.29 is 4.74 Å². The van der Waals surface area contributed by atoms with Gasteiger partial charge < -0.3 is 9.64 Å². The maximum Gasteiger partial charge on any atom is 0.128 e. The van der Waals surface area contributed by atoms with Crippen LogP contribution in [-0.4, -0.2) is 31.3 Å². The maximum atomic E-state index is 5.47. The highest BCUT2D eigenvalue weighted by Gasteiger charge is 2.30. The van der Waals surface area contributed by atoms with Crippen LogP contribution < -0.4 is 4.90 Å². The number of hydrogen-bond acceptors (Lipinski definition) is 3. The third-order valence-electron chi connectivity index (χ3n) is 5.18. The van der Waals surface area contributed by atoms with Gasteiger partial charge in [0, 0.05) is 25.2 Å². The van der Waals surface area contributed by atoms with Crippen molar-refractivity contribution in [2.24, 2.45) is 0 Å². The molecule has 0 amide bonds. The molecule has 1 atom stereocenters. The van der Waals surface area contributed by atoms with Gasteiger partial charge in [0.25, 0.3) is 0 Å². The summed E-state index contributed by atoms with van der Waals surface area (Å²) >= 11 is 0. The first kappa shape index (κ1) is 14.7. The van der Waals surface area contributed by atoms with E-state index in [0.29, 0.717) is 0 Å². The predicted molar refractivity (Wildman–Crippen MR) is 98.9 cm³/mol. The molecule has 2 aromatic carbocycles. The minimum Gasteiger partial charge on any atom is -0.378 e. The maximum absolute atomic E-state index is 5.47. The Labute approximate surface area is 147 Å². The molecule has 1 radical (unpaired) electrons. The lowest BCUT2D eigenvalue weighted by molar-refractivity contribution is 0.122. The second-order valence-corrected chi connectivity index (χ2v) is 6.56. The van der Waals surface area contributed by atoms with Gasteiger partial charge in [-0.1, -0.05) is 42.5 Å². The van der Waals surface area contributed by atoms with Crippen LogP contribution in [0.1, 0.15) is 22.6 Å². The van der Waals surface area contributed by atoms with Crippen LogP contribution in [0.15, 0.2) is 60.8 Å². The molecule has 1 aliphatic heterocycles. The summed E-state index contributed by atoms with van der Waals surface area (Å²) in [6.07, 6.45) is 1.93. The Morgan fingerprint density at radius 1 is 1.00 bits per heavy atom. The summed E-state index contributed by atoms with van der Waals surface area (Å²) < 4.78 is 5.47. The number of morpholine rings is 1. The van der Waals surface area contributed by atoms with Crippen molar-refractivity contribution >= 4 is 5.82 Å². The quantitative estimate of drug-likeness (QED) is 0.559. The molecule has 3 aromatic rings. The molecule has 3 heteroatoms. The Morgan fingerprint density at radius 3 is 2.76 bits per heavy atom. The van der Waals surface area contributed by atoms with Crippen LogP contribution in [0.2, 0.25) is 0 Å². The SMILES string of the molecule is [c]1cccc2c1C(c1ccnc(N3CCOCC3)c1)c1ccccc1-2. The van der Waals surface area contributed by atoms with Crippen molar-refractivity contribution in [2.75, 3.05) is 31.2 Å². The third-order valence-corrected chi connectivity index (χ3v) is 5.18. The molecule has 2 heterocycles. The number of nitrogens with zero attached hydrogens (tertiary/aromatic N) is 2. The summed E-state index contributed by atoms with van der Waals surface area (Å²) in [6.45, 7) is 3.35. The summed E-state index contributed by atoms with van der Waals surface area (Å²) in [4.78, 5) is 6.92. The molecule has 1 unspecified atom stereocenters. The minimum absolute atomic E-state index is 0.232. The van der Waals surface area contributed by atoms with Crippen LogP contribution in [0.25, 0.3) is 11.1 Å². The second-order valence-electron chi connectivity index (χ2n) is 6.56. The van der Waals surface area contributed by atoms with Crippen molar-refractivity contribution in [2.45, 2.75) is 5.92 Å². The average Bonchev–Trinajstić information content (AvgIpc) is 3.03. The van der Waals surface area contributed by atoms with E-state index in [0.717, 1.165) is 32.1 Å². The first-order valence-electron chi connectivity index (χ1n) is 8.80. The van der Waals surface area contributed by atoms with Gasteiger partial charge in [-0.2, -0.15) is 0 Å². The van der Waals surface area contributed by atoms with Crippen molar-refractivity contribution in [3.05, 3.63) is 83.6 Å². The fourth-order valence-electron chi connectivity index (χ4n) is 4.00. The minimum atomic E-state index is 0.232. The molecular formula is C22H19N2O. The number of ether oxygens (including phenoxy) is 1. The van der Waals surface area contributed by atoms with E-state index in [4.69, 9.17) is 4.74 Å². The fourth-order valence-corrected chi connectivity index (χ4v) is 4.00. The van der Waals surface area contributed by atoms with Crippen LogP contribution in [0.3, 0.4) is 0 Å². The van der Waals surface area contributed by atoms with Crippen LogP contribution in [0.5, 0.6) is 0 Å². The highest BCUT2D eigenvalue weighted by atomic mass is 16.5. The smallest absolute Gasteiger partial charge is 0.128 e. The molecule has 0 spiro atoms. The number of anilines is 1. The monoisotopic (exact) mass is 327 g/mol. The van der Waals surface area contributed by atoms with E-state index in [1.54, 1.807) is 0 Å². The van der Waals surface area contributed by atoms with Gasteiger partial charge in [0.15, 0.2) is 0 Å². The van der Waals surface area contributed by atoms with E-state index < -0.39 is 0 Å². The van der Waals surface area contributed by atoms with Gasteiger partial charge in [0.05, 0.1) is 13.2 Å². The first-order valence-corrected chi connectivity index (χ1v) is 8.80. The number of pyridine rings is 1. The molecule has 2 aliphatic rings. The first-order chi connectivity index (χ1) is 12.4. The average molecular weight is 327 g/mol. The zero-order valence-electron chi connectivity index (χ0n) is 14.0. The molecular weight excluding hydrogens is 308 g/mol. The molecule has 123 valence electrons. The molecule has 25 heavy (non-hydrogen) atoms. The second kappa shape index (κ2) is 6.01. The molecule has 1 saturated heterocycles. The molecule has 5 rings (SSSR count). The van der Waals surface area contributed by atoms with Gasteiger partial charge in [-0.25, -0.2) is 4.98 Å². The van der Waals surface area contributed by atoms with Gasteiger partial charge in [0.2, 0.25) is 0 Å². The molecule has 0 N–H and O–H groups in total. The van der Waals surface area contributed by atoms with E-state index in [1.165, 1.54) is 27.8 Å². The summed E-state index contributed by atoms with van der Waals surface area (Å²) in [7, 11) is 0. The predicted octanol–water partition coefficient (Wildman–Crippen LogP) is 3.88. The van der Waals surface area contributed by atoms with E-state index >= 15 is 0 Å². The molecule has 1 aliphatic carbocycles. The van der Waals surface area contributed by atoms with Gasteiger partial charge in [0.1, 0.15) is 5.82 Å². The number of rotatable bonds is 2.